The van der Waals surface area contributed by atoms with E-state index in [-0.39, 0.29) is 29.7 Å². The molecule has 1 aliphatic rings. The van der Waals surface area contributed by atoms with Gasteiger partial charge in [0.05, 0.1) is 17.5 Å². The molecule has 1 amide bonds. The Morgan fingerprint density at radius 3 is 2.64 bits per heavy atom. The Bertz CT molecular complexity index is 1310. The number of amides is 1. The lowest BCUT2D eigenvalue weighted by molar-refractivity contribution is -0.135. The van der Waals surface area contributed by atoms with Gasteiger partial charge in [-0.1, -0.05) is 30.7 Å². The zero-order valence-electron chi connectivity index (χ0n) is 20.1. The minimum atomic E-state index is -3.94. The summed E-state index contributed by atoms with van der Waals surface area (Å²) in [5.41, 5.74) is 0.951. The maximum Gasteiger partial charge on any atom is 0.243 e. The fourth-order valence-electron chi connectivity index (χ4n) is 4.25. The van der Waals surface area contributed by atoms with Gasteiger partial charge in [-0.25, -0.2) is 12.8 Å². The van der Waals surface area contributed by atoms with Crippen LogP contribution in [0.15, 0.2) is 64.9 Å². The second-order valence-corrected chi connectivity index (χ2v) is 12.0. The van der Waals surface area contributed by atoms with Crippen molar-refractivity contribution in [1.29, 1.82) is 0 Å². The minimum Gasteiger partial charge on any atom is -0.488 e. The first-order valence-corrected chi connectivity index (χ1v) is 14.4. The van der Waals surface area contributed by atoms with Crippen molar-refractivity contribution in [2.45, 2.75) is 43.7 Å². The highest BCUT2D eigenvalue weighted by Gasteiger charge is 2.36. The number of hydrogen-bond donors (Lipinski definition) is 0. The van der Waals surface area contributed by atoms with Crippen molar-refractivity contribution in [3.63, 3.8) is 0 Å². The first-order valence-electron chi connectivity index (χ1n) is 11.7. The Hall–Kier alpha value is -2.46. The number of thiophene rings is 1. The highest BCUT2D eigenvalue weighted by atomic mass is 35.5. The van der Waals surface area contributed by atoms with Crippen LogP contribution in [0.4, 0.5) is 4.39 Å². The molecule has 0 bridgehead atoms. The minimum absolute atomic E-state index is 0.0592. The standard InChI is InChI=1S/C26H28ClFN2O4S2/c1-3-18(2)30(36(32,33)20-10-8-19(27)9-11-20)16-26(31)29-14-12-25-21(13-15-35-25)23(29)17-34-24-7-5-4-6-22(24)28/h4-11,13,15,18,23H,3,12,14,16-17H2,1-2H3. The zero-order valence-corrected chi connectivity index (χ0v) is 22.5. The fraction of sp³-hybridized carbons (Fsp3) is 0.346. The number of sulfonamides is 1. The average Bonchev–Trinajstić information content (AvgIpc) is 3.35. The van der Waals surface area contributed by atoms with Gasteiger partial charge >= 0.3 is 0 Å². The molecule has 36 heavy (non-hydrogen) atoms. The van der Waals surface area contributed by atoms with Gasteiger partial charge in [0, 0.05) is 22.5 Å². The summed E-state index contributed by atoms with van der Waals surface area (Å²) in [6, 6.07) is 13.2. The smallest absolute Gasteiger partial charge is 0.243 e. The van der Waals surface area contributed by atoms with Crippen molar-refractivity contribution >= 4 is 38.9 Å². The number of rotatable bonds is 9. The van der Waals surface area contributed by atoms with Gasteiger partial charge in [0.15, 0.2) is 11.6 Å². The van der Waals surface area contributed by atoms with E-state index >= 15 is 0 Å². The molecule has 0 saturated carbocycles. The summed E-state index contributed by atoms with van der Waals surface area (Å²) < 4.78 is 48.2. The molecule has 6 nitrogen and oxygen atoms in total. The molecule has 3 aromatic rings. The van der Waals surface area contributed by atoms with Crippen LogP contribution in [0.1, 0.15) is 36.8 Å². The third-order valence-electron chi connectivity index (χ3n) is 6.44. The van der Waals surface area contributed by atoms with Gasteiger partial charge < -0.3 is 9.64 Å². The highest BCUT2D eigenvalue weighted by Crippen LogP contribution is 2.34. The molecule has 2 atom stereocenters. The Kier molecular flexibility index (Phi) is 8.34. The van der Waals surface area contributed by atoms with Crippen molar-refractivity contribution in [3.8, 4) is 5.75 Å². The van der Waals surface area contributed by atoms with Crippen LogP contribution in [-0.2, 0) is 21.2 Å². The van der Waals surface area contributed by atoms with Crippen LogP contribution >= 0.6 is 22.9 Å². The molecule has 2 unspecified atom stereocenters. The van der Waals surface area contributed by atoms with E-state index in [4.69, 9.17) is 16.3 Å². The van der Waals surface area contributed by atoms with Crippen LogP contribution in [0.25, 0.3) is 0 Å². The summed E-state index contributed by atoms with van der Waals surface area (Å²) in [5, 5.41) is 2.39. The number of fused-ring (bicyclic) bond motifs is 1. The van der Waals surface area contributed by atoms with Gasteiger partial charge in [-0.05, 0) is 73.2 Å². The predicted molar refractivity (Wildman–Crippen MR) is 139 cm³/mol. The normalized spacial score (nSPS) is 16.6. The van der Waals surface area contributed by atoms with Crippen LogP contribution in [0, 0.1) is 5.82 Å². The lowest BCUT2D eigenvalue weighted by Gasteiger charge is -2.37. The molecule has 2 aromatic carbocycles. The van der Waals surface area contributed by atoms with E-state index in [9.17, 15) is 17.6 Å². The largest absolute Gasteiger partial charge is 0.488 e. The average molecular weight is 551 g/mol. The number of benzene rings is 2. The number of para-hydroxylation sites is 1. The monoisotopic (exact) mass is 550 g/mol. The maximum absolute atomic E-state index is 14.2. The molecule has 10 heteroatoms. The third-order valence-corrected chi connectivity index (χ3v) is 9.67. The molecule has 0 saturated heterocycles. The summed E-state index contributed by atoms with van der Waals surface area (Å²) in [7, 11) is -3.94. The van der Waals surface area contributed by atoms with Gasteiger partial charge in [0.25, 0.3) is 0 Å². The number of carbonyl (C=O) groups is 1. The lowest BCUT2D eigenvalue weighted by Crippen LogP contribution is -2.49. The van der Waals surface area contributed by atoms with Crippen LogP contribution in [0.3, 0.4) is 0 Å². The van der Waals surface area contributed by atoms with E-state index in [0.717, 1.165) is 10.4 Å². The molecule has 0 aliphatic carbocycles. The van der Waals surface area contributed by atoms with Gasteiger partial charge in [-0.15, -0.1) is 11.3 Å². The van der Waals surface area contributed by atoms with Crippen molar-refractivity contribution in [2.75, 3.05) is 19.7 Å². The van der Waals surface area contributed by atoms with Crippen LogP contribution < -0.4 is 4.74 Å². The number of hydrogen-bond acceptors (Lipinski definition) is 5. The van der Waals surface area contributed by atoms with E-state index in [1.165, 1.54) is 34.6 Å². The molecule has 192 valence electrons. The Morgan fingerprint density at radius 2 is 1.94 bits per heavy atom. The van der Waals surface area contributed by atoms with Crippen molar-refractivity contribution in [3.05, 3.63) is 81.3 Å². The summed E-state index contributed by atoms with van der Waals surface area (Å²) in [6.07, 6.45) is 1.21. The molecule has 1 aliphatic heterocycles. The maximum atomic E-state index is 14.2. The molecule has 0 fully saturated rings. The van der Waals surface area contributed by atoms with E-state index in [0.29, 0.717) is 24.4 Å². The second-order valence-electron chi connectivity index (χ2n) is 8.65. The molecular formula is C26H28ClFN2O4S2. The molecular weight excluding hydrogens is 523 g/mol. The van der Waals surface area contributed by atoms with E-state index in [1.54, 1.807) is 41.4 Å². The van der Waals surface area contributed by atoms with Gasteiger partial charge in [0.1, 0.15) is 6.61 Å². The van der Waals surface area contributed by atoms with Crippen molar-refractivity contribution in [2.24, 2.45) is 0 Å². The summed E-state index contributed by atoms with van der Waals surface area (Å²) in [4.78, 5) is 16.5. The molecule has 2 heterocycles. The number of ether oxygens (including phenoxy) is 1. The SMILES string of the molecule is CCC(C)N(CC(=O)N1CCc2sccc2C1COc1ccccc1F)S(=O)(=O)c1ccc(Cl)cc1. The number of nitrogens with zero attached hydrogens (tertiary/aromatic N) is 2. The molecule has 1 aromatic heterocycles. The Morgan fingerprint density at radius 1 is 1.22 bits per heavy atom. The van der Waals surface area contributed by atoms with Gasteiger partial charge in [-0.3, -0.25) is 4.79 Å². The zero-order chi connectivity index (χ0) is 25.9. The quantitative estimate of drug-likeness (QED) is 0.351. The van der Waals surface area contributed by atoms with Crippen LogP contribution in [-0.4, -0.2) is 49.3 Å². The topological polar surface area (TPSA) is 66.9 Å². The van der Waals surface area contributed by atoms with E-state index < -0.39 is 27.9 Å². The summed E-state index contributed by atoms with van der Waals surface area (Å²) in [5.74, 6) is -0.695. The van der Waals surface area contributed by atoms with Crippen LogP contribution in [0.5, 0.6) is 5.75 Å². The van der Waals surface area contributed by atoms with Crippen molar-refractivity contribution in [1.82, 2.24) is 9.21 Å². The van der Waals surface area contributed by atoms with Crippen molar-refractivity contribution < 1.29 is 22.3 Å². The first-order chi connectivity index (χ1) is 17.2. The summed E-state index contributed by atoms with van der Waals surface area (Å²) >= 11 is 7.55. The highest BCUT2D eigenvalue weighted by molar-refractivity contribution is 7.89. The van der Waals surface area contributed by atoms with Crippen LogP contribution in [0.2, 0.25) is 5.02 Å². The summed E-state index contributed by atoms with van der Waals surface area (Å²) in [6.45, 7) is 3.84. The Balaban J connectivity index is 1.59. The first kappa shape index (κ1) is 26.6. The van der Waals surface area contributed by atoms with E-state index in [2.05, 4.69) is 0 Å². The molecule has 0 spiro atoms. The molecule has 0 radical (unpaired) electrons. The fourth-order valence-corrected chi connectivity index (χ4v) is 6.96. The second kappa shape index (κ2) is 11.3. The Labute approximate surface area is 220 Å². The lowest BCUT2D eigenvalue weighted by atomic mass is 10.0. The predicted octanol–water partition coefficient (Wildman–Crippen LogP) is 5.53. The number of carbonyl (C=O) groups excluding carboxylic acids is 1. The molecule has 4 rings (SSSR count). The third kappa shape index (κ3) is 5.59. The van der Waals surface area contributed by atoms with Gasteiger partial charge in [0.2, 0.25) is 15.9 Å². The number of halogens is 2. The molecule has 0 N–H and O–H groups in total. The van der Waals surface area contributed by atoms with Gasteiger partial charge in [-0.2, -0.15) is 4.31 Å². The van der Waals surface area contributed by atoms with E-state index in [1.807, 2.05) is 18.4 Å².